The van der Waals surface area contributed by atoms with E-state index >= 15 is 0 Å². The van der Waals surface area contributed by atoms with Crippen LogP contribution in [0.15, 0.2) is 0 Å². The van der Waals surface area contributed by atoms with Crippen LogP contribution >= 0.6 is 0 Å². The average molecular weight is 222 g/mol. The second kappa shape index (κ2) is 5.71. The van der Waals surface area contributed by atoms with E-state index in [1.54, 1.807) is 0 Å². The normalized spacial score (nSPS) is 41.8. The predicted molar refractivity (Wildman–Crippen MR) is 50.8 cm³/mol. The maximum Gasteiger partial charge on any atom is 0.183 e. The van der Waals surface area contributed by atoms with Crippen molar-refractivity contribution in [3.63, 3.8) is 0 Å². The Kier molecular flexibility index (Phi) is 4.87. The van der Waals surface area contributed by atoms with Crippen molar-refractivity contribution in [3.05, 3.63) is 0 Å². The van der Waals surface area contributed by atoms with Gasteiger partial charge >= 0.3 is 0 Å². The van der Waals surface area contributed by atoms with Crippen molar-refractivity contribution in [2.45, 2.75) is 30.6 Å². The largest absolute Gasteiger partial charge is 0.394 e. The van der Waals surface area contributed by atoms with E-state index in [1.165, 1.54) is 0 Å². The van der Waals surface area contributed by atoms with Gasteiger partial charge in [0, 0.05) is 13.1 Å². The van der Waals surface area contributed by atoms with Crippen molar-refractivity contribution in [2.75, 3.05) is 19.7 Å². The lowest BCUT2D eigenvalue weighted by molar-refractivity contribution is -0.262. The summed E-state index contributed by atoms with van der Waals surface area (Å²) in [6.07, 6.45) is -4.64. The molecule has 7 heteroatoms. The number of hydrogen-bond donors (Lipinski definition) is 6. The molecule has 7 N–H and O–H groups in total. The molecular formula is C8H18N2O5. The first-order valence-electron chi connectivity index (χ1n) is 4.85. The fourth-order valence-electron chi connectivity index (χ4n) is 1.59. The number of ether oxygens (including phenoxy) is 1. The van der Waals surface area contributed by atoms with E-state index in [0.29, 0.717) is 13.1 Å². The smallest absolute Gasteiger partial charge is 0.183 e. The Bertz CT molecular complexity index is 194. The van der Waals surface area contributed by atoms with E-state index in [2.05, 4.69) is 5.32 Å². The van der Waals surface area contributed by atoms with E-state index in [9.17, 15) is 15.3 Å². The highest BCUT2D eigenvalue weighted by molar-refractivity contribution is 4.93. The van der Waals surface area contributed by atoms with Crippen LogP contribution in [0.25, 0.3) is 0 Å². The van der Waals surface area contributed by atoms with Gasteiger partial charge < -0.3 is 36.2 Å². The molecule has 1 rings (SSSR count). The van der Waals surface area contributed by atoms with E-state index in [1.807, 2.05) is 0 Å². The van der Waals surface area contributed by atoms with Crippen LogP contribution in [0.2, 0.25) is 0 Å². The van der Waals surface area contributed by atoms with Gasteiger partial charge in [-0.1, -0.05) is 0 Å². The minimum absolute atomic E-state index is 0.344. The van der Waals surface area contributed by atoms with Gasteiger partial charge in [-0.15, -0.1) is 0 Å². The molecular weight excluding hydrogens is 204 g/mol. The Labute approximate surface area is 87.5 Å². The summed E-state index contributed by atoms with van der Waals surface area (Å²) in [6, 6.07) is -0.755. The third-order valence-corrected chi connectivity index (χ3v) is 2.43. The average Bonchev–Trinajstić information content (AvgIpc) is 2.23. The zero-order valence-corrected chi connectivity index (χ0v) is 8.28. The molecule has 7 nitrogen and oxygen atoms in total. The number of aliphatic hydroxyl groups excluding tert-OH is 4. The van der Waals surface area contributed by atoms with Crippen LogP contribution in [0, 0.1) is 0 Å². The maximum atomic E-state index is 9.68. The van der Waals surface area contributed by atoms with Crippen molar-refractivity contribution in [1.29, 1.82) is 0 Å². The van der Waals surface area contributed by atoms with Gasteiger partial charge in [0.1, 0.15) is 18.3 Å². The highest BCUT2D eigenvalue weighted by Crippen LogP contribution is 2.19. The summed E-state index contributed by atoms with van der Waals surface area (Å²) >= 11 is 0. The maximum absolute atomic E-state index is 9.68. The first-order chi connectivity index (χ1) is 7.11. The van der Waals surface area contributed by atoms with Gasteiger partial charge in [-0.2, -0.15) is 0 Å². The fourth-order valence-corrected chi connectivity index (χ4v) is 1.59. The van der Waals surface area contributed by atoms with Crippen LogP contribution in [0.1, 0.15) is 0 Å². The summed E-state index contributed by atoms with van der Waals surface area (Å²) < 4.78 is 4.80. The third kappa shape index (κ3) is 2.85. The quantitative estimate of drug-likeness (QED) is 0.289. The Balaban J connectivity index is 2.62. The summed E-state index contributed by atoms with van der Waals surface area (Å²) in [4.78, 5) is 0. The first kappa shape index (κ1) is 12.8. The monoisotopic (exact) mass is 222 g/mol. The molecule has 0 bridgehead atoms. The Morgan fingerprint density at radius 2 is 1.87 bits per heavy atom. The van der Waals surface area contributed by atoms with Gasteiger partial charge in [0.05, 0.1) is 12.6 Å². The van der Waals surface area contributed by atoms with Crippen LogP contribution in [0.3, 0.4) is 0 Å². The Morgan fingerprint density at radius 3 is 2.40 bits per heavy atom. The van der Waals surface area contributed by atoms with Gasteiger partial charge in [0.2, 0.25) is 0 Å². The lowest BCUT2D eigenvalue weighted by atomic mass is 9.96. The predicted octanol–water partition coefficient (Wildman–Crippen LogP) is -3.67. The molecule has 5 atom stereocenters. The number of hydrogen-bond acceptors (Lipinski definition) is 7. The summed E-state index contributed by atoms with van der Waals surface area (Å²) in [5, 5.41) is 40.2. The molecule has 0 radical (unpaired) electrons. The van der Waals surface area contributed by atoms with Gasteiger partial charge in [-0.25, -0.2) is 0 Å². The molecule has 0 aromatic carbocycles. The van der Waals surface area contributed by atoms with Crippen molar-refractivity contribution >= 4 is 0 Å². The van der Waals surface area contributed by atoms with E-state index in [4.69, 9.17) is 15.6 Å². The molecule has 0 saturated carbocycles. The Hall–Kier alpha value is -0.280. The fraction of sp³-hybridized carbons (Fsp3) is 1.00. The van der Waals surface area contributed by atoms with Gasteiger partial charge in [0.25, 0.3) is 0 Å². The van der Waals surface area contributed by atoms with Crippen LogP contribution in [0.5, 0.6) is 0 Å². The van der Waals surface area contributed by atoms with Crippen molar-refractivity contribution in [1.82, 2.24) is 5.32 Å². The summed E-state index contributed by atoms with van der Waals surface area (Å²) in [7, 11) is 0. The van der Waals surface area contributed by atoms with Crippen molar-refractivity contribution in [3.8, 4) is 0 Å². The molecule has 90 valence electrons. The molecule has 0 amide bonds. The lowest BCUT2D eigenvalue weighted by Gasteiger charge is -2.40. The van der Waals surface area contributed by atoms with Crippen molar-refractivity contribution in [2.24, 2.45) is 5.73 Å². The number of nitrogens with one attached hydrogen (secondary N) is 1. The minimum atomic E-state index is -1.42. The van der Waals surface area contributed by atoms with Crippen LogP contribution in [0.4, 0.5) is 0 Å². The molecule has 1 heterocycles. The van der Waals surface area contributed by atoms with E-state index in [0.717, 1.165) is 0 Å². The number of aliphatic hydroxyl groups is 4. The topological polar surface area (TPSA) is 128 Å². The molecule has 1 aliphatic heterocycles. The van der Waals surface area contributed by atoms with E-state index < -0.39 is 37.3 Å². The number of nitrogens with two attached hydrogens (primary N) is 1. The highest BCUT2D eigenvalue weighted by atomic mass is 16.6. The van der Waals surface area contributed by atoms with Gasteiger partial charge in [-0.3, -0.25) is 0 Å². The zero-order chi connectivity index (χ0) is 11.4. The molecule has 1 fully saturated rings. The second-order valence-electron chi connectivity index (χ2n) is 3.50. The minimum Gasteiger partial charge on any atom is -0.394 e. The van der Waals surface area contributed by atoms with Crippen molar-refractivity contribution < 1.29 is 25.2 Å². The first-order valence-corrected chi connectivity index (χ1v) is 4.85. The van der Waals surface area contributed by atoms with Gasteiger partial charge in [0.15, 0.2) is 6.29 Å². The zero-order valence-electron chi connectivity index (χ0n) is 8.28. The Morgan fingerprint density at radius 1 is 1.20 bits per heavy atom. The van der Waals surface area contributed by atoms with Crippen LogP contribution < -0.4 is 11.1 Å². The van der Waals surface area contributed by atoms with E-state index in [-0.39, 0.29) is 0 Å². The molecule has 0 unspecified atom stereocenters. The molecule has 0 aromatic rings. The second-order valence-corrected chi connectivity index (χ2v) is 3.50. The standard InChI is InChI=1S/C8H18N2O5/c9-1-2-10-5-6(12)4(3-11)15-8(14)7(5)13/h4-8,10-14H,1-3,9H2/t4-,5-,6-,7+,8+/m1/s1. The SMILES string of the molecule is NCCN[C@H]1[C@H](O)[C@@H](O)O[C@H](CO)[C@H]1O. The summed E-state index contributed by atoms with van der Waals surface area (Å²) in [6.45, 7) is 0.312. The molecule has 0 spiro atoms. The summed E-state index contributed by atoms with van der Waals surface area (Å²) in [5.74, 6) is 0. The summed E-state index contributed by atoms with van der Waals surface area (Å²) in [5.41, 5.74) is 5.27. The molecule has 15 heavy (non-hydrogen) atoms. The highest BCUT2D eigenvalue weighted by Gasteiger charge is 2.43. The molecule has 1 saturated heterocycles. The molecule has 1 aliphatic rings. The molecule has 0 aliphatic carbocycles. The number of rotatable bonds is 4. The van der Waals surface area contributed by atoms with Crippen LogP contribution in [-0.4, -0.2) is 70.8 Å². The van der Waals surface area contributed by atoms with Crippen LogP contribution in [-0.2, 0) is 4.74 Å². The lowest BCUT2D eigenvalue weighted by Crippen LogP contribution is -2.64. The third-order valence-electron chi connectivity index (χ3n) is 2.43. The van der Waals surface area contributed by atoms with Gasteiger partial charge in [-0.05, 0) is 0 Å². The molecule has 0 aromatic heterocycles.